The number of benzene rings is 2. The van der Waals surface area contributed by atoms with E-state index in [0.717, 1.165) is 11.1 Å². The highest BCUT2D eigenvalue weighted by molar-refractivity contribution is 6.30. The summed E-state index contributed by atoms with van der Waals surface area (Å²) in [5, 5.41) is 12.4. The summed E-state index contributed by atoms with van der Waals surface area (Å²) in [6, 6.07) is 15.9. The van der Waals surface area contributed by atoms with Crippen molar-refractivity contribution in [1.82, 2.24) is 9.88 Å². The van der Waals surface area contributed by atoms with Crippen molar-refractivity contribution in [1.29, 1.82) is 0 Å². The fourth-order valence-corrected chi connectivity index (χ4v) is 5.06. The third-order valence-corrected chi connectivity index (χ3v) is 7.08. The van der Waals surface area contributed by atoms with Gasteiger partial charge in [0.1, 0.15) is 18.2 Å². The first-order valence-corrected chi connectivity index (χ1v) is 13.3. The molecule has 0 radical (unpaired) electrons. The summed E-state index contributed by atoms with van der Waals surface area (Å²) < 4.78 is 11.9. The zero-order chi connectivity index (χ0) is 27.2. The number of aromatic nitrogens is 1. The number of ether oxygens (including phenoxy) is 2. The topological polar surface area (TPSA) is 89.0 Å². The van der Waals surface area contributed by atoms with Crippen LogP contribution in [-0.2, 0) is 19.1 Å². The molecule has 7 nitrogen and oxygen atoms in total. The van der Waals surface area contributed by atoms with Gasteiger partial charge < -0.3 is 19.5 Å². The lowest BCUT2D eigenvalue weighted by Crippen LogP contribution is -2.58. The third-order valence-electron chi connectivity index (χ3n) is 6.58. The minimum Gasteiger partial charge on any atom is -0.464 e. The molecule has 2 aromatic carbocycles. The Labute approximate surface area is 232 Å². The van der Waals surface area contributed by atoms with E-state index in [1.165, 1.54) is 17.3 Å². The fourth-order valence-electron chi connectivity index (χ4n) is 4.80. The van der Waals surface area contributed by atoms with Gasteiger partial charge in [-0.15, -0.1) is 0 Å². The second kappa shape index (κ2) is 12.7. The molecular formula is C29H30Cl2N2O5. The smallest absolute Gasteiger partial charge is 0.328 e. The zero-order valence-electron chi connectivity index (χ0n) is 21.2. The minimum atomic E-state index is -1.29. The quantitative estimate of drug-likeness (QED) is 0.332. The van der Waals surface area contributed by atoms with E-state index < -0.39 is 42.3 Å². The van der Waals surface area contributed by atoms with E-state index in [1.807, 2.05) is 31.2 Å². The second-order valence-electron chi connectivity index (χ2n) is 9.05. The zero-order valence-corrected chi connectivity index (χ0v) is 22.7. The van der Waals surface area contributed by atoms with E-state index in [-0.39, 0.29) is 6.61 Å². The first kappa shape index (κ1) is 28.0. The number of aliphatic hydroxyl groups excluding tert-OH is 1. The number of amides is 1. The molecule has 5 atom stereocenters. The Bertz CT molecular complexity index is 1220. The van der Waals surface area contributed by atoms with Crippen LogP contribution in [0.3, 0.4) is 0 Å². The molecule has 3 aromatic rings. The fraction of sp³-hybridized carbons (Fsp3) is 0.345. The molecule has 38 heavy (non-hydrogen) atoms. The van der Waals surface area contributed by atoms with Crippen LogP contribution in [0.2, 0.25) is 10.0 Å². The number of esters is 1. The summed E-state index contributed by atoms with van der Waals surface area (Å²) >= 11 is 12.4. The molecular weight excluding hydrogens is 527 g/mol. The van der Waals surface area contributed by atoms with Crippen LogP contribution in [0.1, 0.15) is 61.6 Å². The molecule has 0 spiro atoms. The monoisotopic (exact) mass is 556 g/mol. The number of pyridine rings is 1. The molecule has 0 aliphatic carbocycles. The van der Waals surface area contributed by atoms with E-state index in [9.17, 15) is 14.7 Å². The third kappa shape index (κ3) is 6.02. The summed E-state index contributed by atoms with van der Waals surface area (Å²) in [5.41, 5.74) is 1.93. The van der Waals surface area contributed by atoms with Gasteiger partial charge in [0, 0.05) is 22.4 Å². The standard InChI is InChI=1S/C29H30Cl2N2O5/c1-3-5-23(29(36)37-4-2)33-24(18-6-10-21(30)11-7-18)26(20-8-12-22(31)13-9-20)38-27(28(33)35)25(34)19-14-16-32-17-15-19/h6-17,23-27,34H,3-5H2,1-2H3/t23-,24-,25-,26+,27+/m1/s1. The molecule has 1 fully saturated rings. The SMILES string of the molecule is CCC[C@H](C(=O)OCC)N1C(=O)[C@H]([C@H](O)c2ccncc2)O[C@@H](c2ccc(Cl)cc2)[C@H]1c1ccc(Cl)cc1. The number of halogens is 2. The molecule has 2 heterocycles. The Balaban J connectivity index is 1.90. The Kier molecular flexibility index (Phi) is 9.39. The van der Waals surface area contributed by atoms with Gasteiger partial charge >= 0.3 is 5.97 Å². The van der Waals surface area contributed by atoms with Crippen molar-refractivity contribution in [2.45, 2.75) is 57.1 Å². The van der Waals surface area contributed by atoms with E-state index in [1.54, 1.807) is 43.3 Å². The van der Waals surface area contributed by atoms with Crippen molar-refractivity contribution in [3.63, 3.8) is 0 Å². The molecule has 1 N–H and O–H groups in total. The predicted molar refractivity (Wildman–Crippen MR) is 145 cm³/mol. The van der Waals surface area contributed by atoms with Crippen molar-refractivity contribution in [2.75, 3.05) is 6.61 Å². The highest BCUT2D eigenvalue weighted by Gasteiger charge is 2.50. The van der Waals surface area contributed by atoms with Gasteiger partial charge in [-0.25, -0.2) is 4.79 Å². The van der Waals surface area contributed by atoms with Crippen molar-refractivity contribution in [2.24, 2.45) is 0 Å². The van der Waals surface area contributed by atoms with Crippen molar-refractivity contribution >= 4 is 35.1 Å². The number of hydrogen-bond donors (Lipinski definition) is 1. The largest absolute Gasteiger partial charge is 0.464 e. The van der Waals surface area contributed by atoms with E-state index in [4.69, 9.17) is 32.7 Å². The van der Waals surface area contributed by atoms with Gasteiger partial charge in [0.05, 0.1) is 12.6 Å². The Morgan fingerprint density at radius 2 is 1.58 bits per heavy atom. The summed E-state index contributed by atoms with van der Waals surface area (Å²) in [4.78, 5) is 33.0. The van der Waals surface area contributed by atoms with E-state index >= 15 is 0 Å². The summed E-state index contributed by atoms with van der Waals surface area (Å²) in [7, 11) is 0. The van der Waals surface area contributed by atoms with Crippen LogP contribution in [0, 0.1) is 0 Å². The molecule has 1 aliphatic rings. The number of nitrogens with zero attached hydrogens (tertiary/aromatic N) is 2. The first-order chi connectivity index (χ1) is 18.3. The Hall–Kier alpha value is -2.97. The van der Waals surface area contributed by atoms with Crippen molar-refractivity contribution in [3.8, 4) is 0 Å². The maximum Gasteiger partial charge on any atom is 0.328 e. The average Bonchev–Trinajstić information content (AvgIpc) is 2.93. The number of carbonyl (C=O) groups excluding carboxylic acids is 2. The van der Waals surface area contributed by atoms with Gasteiger partial charge in [-0.1, -0.05) is 60.8 Å². The van der Waals surface area contributed by atoms with Gasteiger partial charge in [0.25, 0.3) is 5.91 Å². The number of morpholine rings is 1. The van der Waals surface area contributed by atoms with Crippen LogP contribution < -0.4 is 0 Å². The summed E-state index contributed by atoms with van der Waals surface area (Å²) in [6.07, 6.45) is 0.769. The van der Waals surface area contributed by atoms with Gasteiger partial charge in [-0.3, -0.25) is 9.78 Å². The number of rotatable bonds is 9. The number of carbonyl (C=O) groups is 2. The second-order valence-corrected chi connectivity index (χ2v) is 9.93. The lowest BCUT2D eigenvalue weighted by Gasteiger charge is -2.48. The average molecular weight is 557 g/mol. The maximum absolute atomic E-state index is 14.2. The number of hydrogen-bond acceptors (Lipinski definition) is 6. The molecule has 1 amide bonds. The molecule has 4 rings (SSSR count). The highest BCUT2D eigenvalue weighted by Crippen LogP contribution is 2.46. The van der Waals surface area contributed by atoms with Gasteiger partial charge in [0.15, 0.2) is 6.10 Å². The molecule has 1 saturated heterocycles. The van der Waals surface area contributed by atoms with Gasteiger partial charge in [-0.2, -0.15) is 0 Å². The van der Waals surface area contributed by atoms with Gasteiger partial charge in [-0.05, 0) is 66.4 Å². The lowest BCUT2D eigenvalue weighted by molar-refractivity contribution is -0.198. The Morgan fingerprint density at radius 3 is 2.13 bits per heavy atom. The molecule has 0 saturated carbocycles. The summed E-state index contributed by atoms with van der Waals surface area (Å²) in [5.74, 6) is -1.01. The molecule has 0 unspecified atom stereocenters. The summed E-state index contributed by atoms with van der Waals surface area (Å²) in [6.45, 7) is 3.84. The molecule has 0 bridgehead atoms. The van der Waals surface area contributed by atoms with Gasteiger partial charge in [0.2, 0.25) is 0 Å². The Morgan fingerprint density at radius 1 is 1.00 bits per heavy atom. The highest BCUT2D eigenvalue weighted by atomic mass is 35.5. The predicted octanol–water partition coefficient (Wildman–Crippen LogP) is 5.86. The van der Waals surface area contributed by atoms with Crippen molar-refractivity contribution in [3.05, 3.63) is 99.8 Å². The number of aliphatic hydroxyl groups is 1. The van der Waals surface area contributed by atoms with Crippen LogP contribution in [0.15, 0.2) is 73.1 Å². The van der Waals surface area contributed by atoms with Crippen LogP contribution >= 0.6 is 23.2 Å². The van der Waals surface area contributed by atoms with Crippen LogP contribution in [0.4, 0.5) is 0 Å². The van der Waals surface area contributed by atoms with Crippen LogP contribution in [0.5, 0.6) is 0 Å². The first-order valence-electron chi connectivity index (χ1n) is 12.6. The lowest BCUT2D eigenvalue weighted by atomic mass is 9.88. The molecule has 1 aliphatic heterocycles. The van der Waals surface area contributed by atoms with E-state index in [0.29, 0.717) is 28.5 Å². The van der Waals surface area contributed by atoms with Crippen LogP contribution in [-0.4, -0.2) is 45.6 Å². The molecule has 9 heteroatoms. The van der Waals surface area contributed by atoms with Crippen LogP contribution in [0.25, 0.3) is 0 Å². The normalized spacial score (nSPS) is 21.1. The van der Waals surface area contributed by atoms with Crippen molar-refractivity contribution < 1.29 is 24.2 Å². The van der Waals surface area contributed by atoms with E-state index in [2.05, 4.69) is 4.98 Å². The molecule has 200 valence electrons. The minimum absolute atomic E-state index is 0.173. The maximum atomic E-state index is 14.2. The molecule has 1 aromatic heterocycles.